The normalized spacial score (nSPS) is 23.8. The van der Waals surface area contributed by atoms with Crippen LogP contribution < -0.4 is 5.32 Å². The number of hydrogen-bond acceptors (Lipinski definition) is 2. The molecule has 106 valence electrons. The number of nitrogens with zero attached hydrogens (tertiary/aromatic N) is 1. The minimum absolute atomic E-state index is 0.0520. The van der Waals surface area contributed by atoms with Gasteiger partial charge in [0.1, 0.15) is 6.17 Å². The third-order valence-corrected chi connectivity index (χ3v) is 4.51. The van der Waals surface area contributed by atoms with Crippen molar-refractivity contribution in [2.45, 2.75) is 25.0 Å². The minimum atomic E-state index is -0.108. The molecule has 2 aromatic rings. The van der Waals surface area contributed by atoms with Crippen LogP contribution in [0.3, 0.4) is 0 Å². The summed E-state index contributed by atoms with van der Waals surface area (Å²) in [4.78, 5) is 14.6. The van der Waals surface area contributed by atoms with Crippen LogP contribution in [-0.4, -0.2) is 23.4 Å². The van der Waals surface area contributed by atoms with Crippen molar-refractivity contribution in [1.29, 1.82) is 0 Å². The molecule has 0 saturated carbocycles. The van der Waals surface area contributed by atoms with E-state index in [2.05, 4.69) is 41.7 Å². The van der Waals surface area contributed by atoms with Gasteiger partial charge in [-0.2, -0.15) is 0 Å². The number of nitrogens with one attached hydrogen (secondary N) is 1. The molecule has 1 N–H and O–H groups in total. The van der Waals surface area contributed by atoms with Crippen molar-refractivity contribution >= 4 is 5.91 Å². The molecule has 0 bridgehead atoms. The maximum Gasteiger partial charge on any atom is 0.241 e. The zero-order valence-corrected chi connectivity index (χ0v) is 11.8. The van der Waals surface area contributed by atoms with E-state index in [4.69, 9.17) is 0 Å². The van der Waals surface area contributed by atoms with E-state index in [-0.39, 0.29) is 18.1 Å². The lowest BCUT2D eigenvalue weighted by atomic mass is 9.98. The van der Waals surface area contributed by atoms with E-state index in [1.54, 1.807) is 0 Å². The smallest absolute Gasteiger partial charge is 0.241 e. The Balaban J connectivity index is 1.60. The molecule has 0 radical (unpaired) electrons. The van der Waals surface area contributed by atoms with Gasteiger partial charge in [-0.25, -0.2) is 0 Å². The molecule has 0 aromatic heterocycles. The average molecular weight is 278 g/mol. The summed E-state index contributed by atoms with van der Waals surface area (Å²) in [6.45, 7) is 0.818. The van der Waals surface area contributed by atoms with Crippen molar-refractivity contribution < 1.29 is 4.79 Å². The number of rotatable bonds is 2. The van der Waals surface area contributed by atoms with Crippen molar-refractivity contribution in [2.75, 3.05) is 6.54 Å². The first kappa shape index (κ1) is 12.6. The van der Waals surface area contributed by atoms with Gasteiger partial charge >= 0.3 is 0 Å². The molecule has 2 aliphatic rings. The van der Waals surface area contributed by atoms with Gasteiger partial charge in [-0.3, -0.25) is 10.1 Å². The largest absolute Gasteiger partial charge is 0.321 e. The van der Waals surface area contributed by atoms with Crippen LogP contribution in [0.25, 0.3) is 0 Å². The fraction of sp³-hybridized carbons (Fsp3) is 0.278. The van der Waals surface area contributed by atoms with Gasteiger partial charge in [0, 0.05) is 6.54 Å². The van der Waals surface area contributed by atoms with Crippen LogP contribution in [0.4, 0.5) is 0 Å². The highest BCUT2D eigenvalue weighted by molar-refractivity contribution is 5.85. The fourth-order valence-corrected chi connectivity index (χ4v) is 3.44. The fourth-order valence-electron chi connectivity index (χ4n) is 3.44. The van der Waals surface area contributed by atoms with Gasteiger partial charge < -0.3 is 4.90 Å². The highest BCUT2D eigenvalue weighted by Crippen LogP contribution is 2.32. The molecule has 2 aromatic carbocycles. The summed E-state index contributed by atoms with van der Waals surface area (Å²) in [6.07, 6.45) is 1.77. The molecule has 1 amide bonds. The molecule has 3 nitrogen and oxygen atoms in total. The first-order valence-corrected chi connectivity index (χ1v) is 7.51. The third-order valence-electron chi connectivity index (χ3n) is 4.51. The highest BCUT2D eigenvalue weighted by Gasteiger charge is 2.41. The van der Waals surface area contributed by atoms with E-state index in [0.717, 1.165) is 19.4 Å². The Hall–Kier alpha value is -2.13. The molecule has 21 heavy (non-hydrogen) atoms. The molecule has 2 atom stereocenters. The van der Waals surface area contributed by atoms with Gasteiger partial charge in [0.25, 0.3) is 0 Å². The van der Waals surface area contributed by atoms with E-state index in [1.165, 1.54) is 16.7 Å². The number of fused-ring (bicyclic) bond motifs is 3. The van der Waals surface area contributed by atoms with Crippen LogP contribution >= 0.6 is 0 Å². The summed E-state index contributed by atoms with van der Waals surface area (Å²) in [6, 6.07) is 18.6. The molecular formula is C18H18N2O. The van der Waals surface area contributed by atoms with Crippen LogP contribution in [-0.2, 0) is 17.6 Å². The van der Waals surface area contributed by atoms with Gasteiger partial charge in [0.15, 0.2) is 0 Å². The molecule has 0 spiro atoms. The van der Waals surface area contributed by atoms with Crippen molar-refractivity contribution in [3.05, 3.63) is 71.3 Å². The predicted octanol–water partition coefficient (Wildman–Crippen LogP) is 2.28. The number of hydrogen-bond donors (Lipinski definition) is 1. The van der Waals surface area contributed by atoms with Gasteiger partial charge in [-0.1, -0.05) is 54.6 Å². The molecule has 0 aliphatic carbocycles. The molecule has 3 heteroatoms. The van der Waals surface area contributed by atoms with E-state index in [0.29, 0.717) is 0 Å². The Morgan fingerprint density at radius 1 is 1.05 bits per heavy atom. The Kier molecular flexibility index (Phi) is 3.00. The Morgan fingerprint density at radius 3 is 2.67 bits per heavy atom. The summed E-state index contributed by atoms with van der Waals surface area (Å²) in [5.74, 6) is 0.235. The van der Waals surface area contributed by atoms with Crippen LogP contribution in [0.5, 0.6) is 0 Å². The minimum Gasteiger partial charge on any atom is -0.321 e. The number of amides is 1. The van der Waals surface area contributed by atoms with Crippen molar-refractivity contribution in [3.63, 3.8) is 0 Å². The average Bonchev–Trinajstić information content (AvgIpc) is 2.85. The lowest BCUT2D eigenvalue weighted by molar-refractivity contribution is -0.130. The SMILES string of the molecule is O=C1[C@H](Cc2ccccc2)N[C@@H]2c3ccccc3CCN12. The maximum absolute atomic E-state index is 12.6. The molecule has 1 fully saturated rings. The van der Waals surface area contributed by atoms with Gasteiger partial charge in [-0.05, 0) is 29.5 Å². The quantitative estimate of drug-likeness (QED) is 0.914. The van der Waals surface area contributed by atoms with E-state index < -0.39 is 0 Å². The van der Waals surface area contributed by atoms with Crippen LogP contribution in [0.15, 0.2) is 54.6 Å². The first-order valence-electron chi connectivity index (χ1n) is 7.51. The van der Waals surface area contributed by atoms with Crippen LogP contribution in [0.2, 0.25) is 0 Å². The maximum atomic E-state index is 12.6. The molecule has 4 rings (SSSR count). The van der Waals surface area contributed by atoms with Gasteiger partial charge in [0.05, 0.1) is 6.04 Å². The number of benzene rings is 2. The van der Waals surface area contributed by atoms with E-state index in [9.17, 15) is 4.79 Å². The van der Waals surface area contributed by atoms with Gasteiger partial charge in [-0.15, -0.1) is 0 Å². The molecule has 2 heterocycles. The summed E-state index contributed by atoms with van der Waals surface area (Å²) in [5.41, 5.74) is 3.82. The van der Waals surface area contributed by atoms with Crippen LogP contribution in [0, 0.1) is 0 Å². The predicted molar refractivity (Wildman–Crippen MR) is 81.7 cm³/mol. The highest BCUT2D eigenvalue weighted by atomic mass is 16.2. The standard InChI is InChI=1S/C18H18N2O/c21-18-16(12-13-6-2-1-3-7-13)19-17-15-9-5-4-8-14(15)10-11-20(17)18/h1-9,16-17,19H,10-12H2/t16-,17-/m0/s1. The van der Waals surface area contributed by atoms with Crippen molar-refractivity contribution in [3.8, 4) is 0 Å². The molecular weight excluding hydrogens is 260 g/mol. The van der Waals surface area contributed by atoms with Crippen molar-refractivity contribution in [2.24, 2.45) is 0 Å². The zero-order chi connectivity index (χ0) is 14.2. The van der Waals surface area contributed by atoms with E-state index in [1.807, 2.05) is 23.1 Å². The summed E-state index contributed by atoms with van der Waals surface area (Å²) >= 11 is 0. The lowest BCUT2D eigenvalue weighted by Crippen LogP contribution is -2.36. The van der Waals surface area contributed by atoms with Crippen molar-refractivity contribution in [1.82, 2.24) is 10.2 Å². The third kappa shape index (κ3) is 2.14. The molecule has 1 saturated heterocycles. The zero-order valence-electron chi connectivity index (χ0n) is 11.8. The Labute approximate surface area is 124 Å². The lowest BCUT2D eigenvalue weighted by Gasteiger charge is -2.31. The second-order valence-electron chi connectivity index (χ2n) is 5.79. The summed E-state index contributed by atoms with van der Waals surface area (Å²) in [5, 5.41) is 3.52. The number of carbonyl (C=O) groups excluding carboxylic acids is 1. The first-order chi connectivity index (χ1) is 10.3. The summed E-state index contributed by atoms with van der Waals surface area (Å²) < 4.78 is 0. The topological polar surface area (TPSA) is 32.3 Å². The van der Waals surface area contributed by atoms with E-state index >= 15 is 0 Å². The summed E-state index contributed by atoms with van der Waals surface area (Å²) in [7, 11) is 0. The second-order valence-corrected chi connectivity index (χ2v) is 5.79. The Morgan fingerprint density at radius 2 is 1.81 bits per heavy atom. The Bertz CT molecular complexity index is 668. The van der Waals surface area contributed by atoms with Gasteiger partial charge in [0.2, 0.25) is 5.91 Å². The monoisotopic (exact) mass is 278 g/mol. The number of carbonyl (C=O) groups is 1. The molecule has 2 aliphatic heterocycles. The second kappa shape index (κ2) is 5.01. The van der Waals surface area contributed by atoms with Crippen LogP contribution in [0.1, 0.15) is 22.9 Å². The molecule has 0 unspecified atom stereocenters.